The van der Waals surface area contributed by atoms with Crippen LogP contribution in [0.15, 0.2) is 46.9 Å². The number of fused-ring (bicyclic) bond motifs is 3. The van der Waals surface area contributed by atoms with Gasteiger partial charge in [-0.05, 0) is 36.7 Å². The van der Waals surface area contributed by atoms with Gasteiger partial charge in [0.15, 0.2) is 0 Å². The average Bonchev–Trinajstić information content (AvgIpc) is 3.07. The van der Waals surface area contributed by atoms with E-state index in [4.69, 9.17) is 4.42 Å². The van der Waals surface area contributed by atoms with E-state index in [1.54, 1.807) is 11.8 Å². The molecule has 0 saturated carbocycles. The summed E-state index contributed by atoms with van der Waals surface area (Å²) in [5.41, 5.74) is 3.08. The molecule has 5 heteroatoms. The number of hydrogen-bond acceptors (Lipinski definition) is 4. The Labute approximate surface area is 164 Å². The van der Waals surface area contributed by atoms with Gasteiger partial charge in [0.2, 0.25) is 5.91 Å². The van der Waals surface area contributed by atoms with Crippen molar-refractivity contribution in [2.24, 2.45) is 0 Å². The number of benzene rings is 2. The highest BCUT2D eigenvalue weighted by Crippen LogP contribution is 2.30. The van der Waals surface area contributed by atoms with E-state index in [0.717, 1.165) is 60.4 Å². The van der Waals surface area contributed by atoms with Gasteiger partial charge in [-0.25, -0.2) is 0 Å². The third-order valence-corrected chi connectivity index (χ3v) is 6.19. The highest BCUT2D eigenvalue weighted by molar-refractivity contribution is 7.99. The second kappa shape index (κ2) is 8.36. The van der Waals surface area contributed by atoms with Crippen molar-refractivity contribution in [3.05, 3.63) is 48.0 Å². The minimum Gasteiger partial charge on any atom is -0.456 e. The highest BCUT2D eigenvalue weighted by Gasteiger charge is 2.20. The van der Waals surface area contributed by atoms with Gasteiger partial charge in [0.25, 0.3) is 0 Å². The Balaban J connectivity index is 1.32. The van der Waals surface area contributed by atoms with E-state index in [9.17, 15) is 4.79 Å². The number of nitrogens with zero attached hydrogens (tertiary/aromatic N) is 2. The van der Waals surface area contributed by atoms with Crippen LogP contribution in [0.25, 0.3) is 21.9 Å². The molecule has 1 amide bonds. The Bertz CT molecular complexity index is 928. The second-order valence-electron chi connectivity index (χ2n) is 7.14. The van der Waals surface area contributed by atoms with E-state index < -0.39 is 0 Å². The van der Waals surface area contributed by atoms with Gasteiger partial charge in [0, 0.05) is 42.7 Å². The first kappa shape index (κ1) is 18.4. The highest BCUT2D eigenvalue weighted by atomic mass is 32.2. The molecule has 1 aliphatic heterocycles. The van der Waals surface area contributed by atoms with Crippen LogP contribution in [0.2, 0.25) is 0 Å². The predicted octanol–water partition coefficient (Wildman–Crippen LogP) is 4.37. The molecule has 4 nitrogen and oxygen atoms in total. The number of carbonyl (C=O) groups excluding carboxylic acids is 1. The van der Waals surface area contributed by atoms with E-state index in [-0.39, 0.29) is 5.91 Å². The Morgan fingerprint density at radius 1 is 1.04 bits per heavy atom. The molecule has 4 rings (SSSR count). The molecule has 1 fully saturated rings. The number of amides is 1. The first-order chi connectivity index (χ1) is 13.2. The third kappa shape index (κ3) is 4.14. The lowest BCUT2D eigenvalue weighted by atomic mass is 10.1. The van der Waals surface area contributed by atoms with Crippen molar-refractivity contribution in [3.8, 4) is 0 Å². The van der Waals surface area contributed by atoms with Gasteiger partial charge in [0.05, 0.1) is 5.75 Å². The van der Waals surface area contributed by atoms with Gasteiger partial charge in [-0.1, -0.05) is 31.2 Å². The fraction of sp³-hybridized carbons (Fsp3) is 0.409. The quantitative estimate of drug-likeness (QED) is 0.634. The summed E-state index contributed by atoms with van der Waals surface area (Å²) in [6.07, 6.45) is 1.18. The minimum atomic E-state index is 0.269. The number of piperazine rings is 1. The molecule has 0 atom stereocenters. The Hall–Kier alpha value is -1.98. The van der Waals surface area contributed by atoms with Crippen molar-refractivity contribution >= 4 is 39.6 Å². The first-order valence-corrected chi connectivity index (χ1v) is 10.9. The van der Waals surface area contributed by atoms with Gasteiger partial charge < -0.3 is 9.32 Å². The maximum atomic E-state index is 12.5. The van der Waals surface area contributed by atoms with E-state index in [0.29, 0.717) is 5.75 Å². The lowest BCUT2D eigenvalue weighted by Gasteiger charge is -2.34. The van der Waals surface area contributed by atoms with E-state index in [1.807, 2.05) is 29.2 Å². The van der Waals surface area contributed by atoms with Crippen LogP contribution in [0.3, 0.4) is 0 Å². The summed E-state index contributed by atoms with van der Waals surface area (Å²) in [5.74, 6) is 1.67. The number of hydrogen-bond donors (Lipinski definition) is 0. The number of furan rings is 1. The zero-order chi connectivity index (χ0) is 18.6. The molecule has 142 valence electrons. The molecule has 0 radical (unpaired) electrons. The van der Waals surface area contributed by atoms with E-state index in [1.165, 1.54) is 12.0 Å². The summed E-state index contributed by atoms with van der Waals surface area (Å²) in [6.45, 7) is 7.10. The van der Waals surface area contributed by atoms with Crippen molar-refractivity contribution in [3.63, 3.8) is 0 Å². The Morgan fingerprint density at radius 3 is 2.63 bits per heavy atom. The molecule has 1 aromatic heterocycles. The average molecular weight is 383 g/mol. The van der Waals surface area contributed by atoms with Crippen LogP contribution >= 0.6 is 11.8 Å². The third-order valence-electron chi connectivity index (χ3n) is 5.20. The maximum Gasteiger partial charge on any atom is 0.232 e. The number of thioether (sulfide) groups is 1. The lowest BCUT2D eigenvalue weighted by Crippen LogP contribution is -2.49. The van der Waals surface area contributed by atoms with Gasteiger partial charge in [-0.2, -0.15) is 0 Å². The fourth-order valence-corrected chi connectivity index (χ4v) is 4.62. The molecule has 27 heavy (non-hydrogen) atoms. The van der Waals surface area contributed by atoms with Gasteiger partial charge >= 0.3 is 0 Å². The zero-order valence-electron chi connectivity index (χ0n) is 15.8. The molecule has 0 spiro atoms. The van der Waals surface area contributed by atoms with Crippen LogP contribution in [-0.4, -0.2) is 54.2 Å². The van der Waals surface area contributed by atoms with Crippen molar-refractivity contribution < 1.29 is 9.21 Å². The maximum absolute atomic E-state index is 12.5. The summed E-state index contributed by atoms with van der Waals surface area (Å²) in [5, 5.41) is 2.31. The van der Waals surface area contributed by atoms with Crippen LogP contribution in [-0.2, 0) is 10.5 Å². The molecule has 1 aliphatic rings. The summed E-state index contributed by atoms with van der Waals surface area (Å²) in [4.78, 5) is 16.9. The summed E-state index contributed by atoms with van der Waals surface area (Å²) < 4.78 is 5.88. The van der Waals surface area contributed by atoms with Crippen molar-refractivity contribution in [2.75, 3.05) is 38.5 Å². The standard InChI is InChI=1S/C22H26N2O2S/c1-2-9-23-10-12-24(13-11-23)22(25)16-27-15-17-7-8-21-19(14-17)18-5-3-4-6-20(18)26-21/h3-8,14H,2,9-13,15-16H2,1H3. The van der Waals surface area contributed by atoms with Crippen molar-refractivity contribution in [1.29, 1.82) is 0 Å². The van der Waals surface area contributed by atoms with Crippen LogP contribution in [0.1, 0.15) is 18.9 Å². The summed E-state index contributed by atoms with van der Waals surface area (Å²) in [6, 6.07) is 14.5. The van der Waals surface area contributed by atoms with Crippen LogP contribution in [0.4, 0.5) is 0 Å². The molecule has 0 aliphatic carbocycles. The van der Waals surface area contributed by atoms with E-state index in [2.05, 4.69) is 30.0 Å². The molecule has 2 aromatic carbocycles. The van der Waals surface area contributed by atoms with Gasteiger partial charge in [-0.15, -0.1) is 11.8 Å². The molecule has 0 N–H and O–H groups in total. The minimum absolute atomic E-state index is 0.269. The first-order valence-electron chi connectivity index (χ1n) is 9.72. The molecular weight excluding hydrogens is 356 g/mol. The van der Waals surface area contributed by atoms with Crippen LogP contribution < -0.4 is 0 Å². The van der Waals surface area contributed by atoms with Gasteiger partial charge in [-0.3, -0.25) is 9.69 Å². The van der Waals surface area contributed by atoms with Crippen molar-refractivity contribution in [2.45, 2.75) is 19.1 Å². The predicted molar refractivity (Wildman–Crippen MR) is 113 cm³/mol. The summed E-state index contributed by atoms with van der Waals surface area (Å²) >= 11 is 1.70. The lowest BCUT2D eigenvalue weighted by molar-refractivity contribution is -0.130. The van der Waals surface area contributed by atoms with Crippen molar-refractivity contribution in [1.82, 2.24) is 9.80 Å². The molecule has 0 bridgehead atoms. The molecule has 1 saturated heterocycles. The number of carbonyl (C=O) groups is 1. The fourth-order valence-electron chi connectivity index (χ4n) is 3.75. The Morgan fingerprint density at radius 2 is 1.81 bits per heavy atom. The topological polar surface area (TPSA) is 36.7 Å². The largest absolute Gasteiger partial charge is 0.456 e. The number of para-hydroxylation sites is 1. The molecular formula is C22H26N2O2S. The second-order valence-corrected chi connectivity index (χ2v) is 8.13. The monoisotopic (exact) mass is 382 g/mol. The van der Waals surface area contributed by atoms with Crippen LogP contribution in [0.5, 0.6) is 0 Å². The zero-order valence-corrected chi connectivity index (χ0v) is 16.6. The van der Waals surface area contributed by atoms with E-state index >= 15 is 0 Å². The smallest absolute Gasteiger partial charge is 0.232 e. The summed E-state index contributed by atoms with van der Waals surface area (Å²) in [7, 11) is 0. The molecule has 3 aromatic rings. The Kier molecular flexibility index (Phi) is 5.69. The van der Waals surface area contributed by atoms with Gasteiger partial charge in [0.1, 0.15) is 11.2 Å². The molecule has 2 heterocycles. The normalized spacial score (nSPS) is 15.7. The number of rotatable bonds is 6. The SMILES string of the molecule is CCCN1CCN(C(=O)CSCc2ccc3oc4ccccc4c3c2)CC1. The molecule has 0 unspecified atom stereocenters. The van der Waals surface area contributed by atoms with Crippen LogP contribution in [0, 0.1) is 0 Å².